The van der Waals surface area contributed by atoms with E-state index in [4.69, 9.17) is 14.2 Å². The summed E-state index contributed by atoms with van der Waals surface area (Å²) < 4.78 is 15.5. The second-order valence-corrected chi connectivity index (χ2v) is 10.1. The molecule has 0 aliphatic rings. The van der Waals surface area contributed by atoms with Crippen molar-refractivity contribution >= 4 is 23.9 Å². The number of hydrogen-bond donors (Lipinski definition) is 2. The first-order chi connectivity index (χ1) is 14.6. The van der Waals surface area contributed by atoms with Gasteiger partial charge in [0, 0.05) is 0 Å². The van der Waals surface area contributed by atoms with E-state index in [1.165, 1.54) is 7.11 Å². The molecular weight excluding hydrogens is 416 g/mol. The van der Waals surface area contributed by atoms with E-state index in [0.717, 1.165) is 0 Å². The first-order valence-electron chi connectivity index (χ1n) is 11.2. The zero-order valence-corrected chi connectivity index (χ0v) is 21.2. The molecule has 9 heteroatoms. The zero-order valence-electron chi connectivity index (χ0n) is 21.2. The summed E-state index contributed by atoms with van der Waals surface area (Å²) in [5.74, 6) is -2.00. The number of rotatable bonds is 11. The number of carbonyl (C=O) groups excluding carboxylic acids is 4. The molecule has 0 saturated heterocycles. The van der Waals surface area contributed by atoms with Gasteiger partial charge in [-0.2, -0.15) is 0 Å². The van der Waals surface area contributed by atoms with Crippen molar-refractivity contribution in [3.63, 3.8) is 0 Å². The molecule has 32 heavy (non-hydrogen) atoms. The topological polar surface area (TPSA) is 120 Å². The minimum absolute atomic E-state index is 0.0385. The molecule has 0 aromatic heterocycles. The van der Waals surface area contributed by atoms with Crippen molar-refractivity contribution < 1.29 is 33.4 Å². The fourth-order valence-electron chi connectivity index (χ4n) is 2.87. The van der Waals surface area contributed by atoms with Gasteiger partial charge >= 0.3 is 18.0 Å². The Bertz CT molecular complexity index is 639. The number of hydrogen-bond acceptors (Lipinski definition) is 7. The fourth-order valence-corrected chi connectivity index (χ4v) is 2.87. The van der Waals surface area contributed by atoms with Gasteiger partial charge in [0.15, 0.2) is 6.10 Å². The van der Waals surface area contributed by atoms with E-state index in [0.29, 0.717) is 6.42 Å². The first-order valence-corrected chi connectivity index (χ1v) is 11.2. The summed E-state index contributed by atoms with van der Waals surface area (Å²) in [4.78, 5) is 50.0. The van der Waals surface area contributed by atoms with Crippen LogP contribution in [0.5, 0.6) is 0 Å². The van der Waals surface area contributed by atoms with Crippen LogP contribution in [-0.4, -0.2) is 54.8 Å². The standard InChI is InChI=1S/C23H42N2O7/c1-13(2)11-16(24-22(29)32-23(7,8)9)20(27)31-17(12-14(3)4)19(26)25-18(15(5)6)21(28)30-10/h13-18H,11-12H2,1-10H3,(H,24,29)(H,25,26)/t16-,17-,18-/m0/s1. The normalized spacial score (nSPS) is 14.5. The average molecular weight is 459 g/mol. The number of amides is 2. The molecule has 0 spiro atoms. The molecule has 9 nitrogen and oxygen atoms in total. The molecule has 0 bridgehead atoms. The monoisotopic (exact) mass is 458 g/mol. The molecule has 0 aliphatic heterocycles. The summed E-state index contributed by atoms with van der Waals surface area (Å²) >= 11 is 0. The molecular formula is C23H42N2O7. The molecule has 0 rings (SSSR count). The lowest BCUT2D eigenvalue weighted by atomic mass is 10.0. The van der Waals surface area contributed by atoms with Crippen LogP contribution in [-0.2, 0) is 28.6 Å². The van der Waals surface area contributed by atoms with Crippen molar-refractivity contribution in [2.24, 2.45) is 17.8 Å². The summed E-state index contributed by atoms with van der Waals surface area (Å²) in [7, 11) is 1.24. The van der Waals surface area contributed by atoms with Gasteiger partial charge in [0.25, 0.3) is 5.91 Å². The minimum Gasteiger partial charge on any atom is -0.467 e. The van der Waals surface area contributed by atoms with E-state index in [1.54, 1.807) is 34.6 Å². The highest BCUT2D eigenvalue weighted by molar-refractivity contribution is 5.89. The molecule has 0 unspecified atom stereocenters. The summed E-state index contributed by atoms with van der Waals surface area (Å²) in [6, 6.07) is -1.85. The van der Waals surface area contributed by atoms with Gasteiger partial charge in [0.05, 0.1) is 7.11 Å². The zero-order chi connectivity index (χ0) is 25.2. The SMILES string of the molecule is COC(=O)[C@@H](NC(=O)[C@H](CC(C)C)OC(=O)[C@H](CC(C)C)NC(=O)OC(C)(C)C)C(C)C. The van der Waals surface area contributed by atoms with Gasteiger partial charge in [-0.1, -0.05) is 41.5 Å². The molecule has 2 N–H and O–H groups in total. The third kappa shape index (κ3) is 11.9. The molecule has 0 fully saturated rings. The fraction of sp³-hybridized carbons (Fsp3) is 0.826. The third-order valence-corrected chi connectivity index (χ3v) is 4.34. The van der Waals surface area contributed by atoms with Crippen LogP contribution in [0.1, 0.15) is 75.2 Å². The Hall–Kier alpha value is -2.32. The minimum atomic E-state index is -1.12. The largest absolute Gasteiger partial charge is 0.467 e. The first kappa shape index (κ1) is 29.7. The average Bonchev–Trinajstić information content (AvgIpc) is 2.61. The quantitative estimate of drug-likeness (QED) is 0.360. The van der Waals surface area contributed by atoms with E-state index in [1.807, 2.05) is 27.7 Å². The number of esters is 2. The number of nitrogens with one attached hydrogen (secondary N) is 2. The van der Waals surface area contributed by atoms with E-state index in [9.17, 15) is 19.2 Å². The smallest absolute Gasteiger partial charge is 0.408 e. The molecule has 0 aliphatic carbocycles. The van der Waals surface area contributed by atoms with Gasteiger partial charge < -0.3 is 24.8 Å². The van der Waals surface area contributed by atoms with Crippen LogP contribution in [0.3, 0.4) is 0 Å². The summed E-state index contributed by atoms with van der Waals surface area (Å²) in [5, 5.41) is 5.17. The van der Waals surface area contributed by atoms with Gasteiger partial charge in [-0.05, 0) is 51.4 Å². The maximum Gasteiger partial charge on any atom is 0.408 e. The molecule has 0 aromatic carbocycles. The lowest BCUT2D eigenvalue weighted by Gasteiger charge is -2.27. The maximum absolute atomic E-state index is 12.9. The summed E-state index contributed by atoms with van der Waals surface area (Å²) in [5.41, 5.74) is -0.726. The Labute approximate surface area is 192 Å². The summed E-state index contributed by atoms with van der Waals surface area (Å²) in [6.45, 7) is 16.3. The molecule has 2 amide bonds. The molecule has 0 aromatic rings. The van der Waals surface area contributed by atoms with Crippen LogP contribution < -0.4 is 10.6 Å². The van der Waals surface area contributed by atoms with Crippen LogP contribution in [0.15, 0.2) is 0 Å². The van der Waals surface area contributed by atoms with Crippen LogP contribution >= 0.6 is 0 Å². The van der Waals surface area contributed by atoms with E-state index in [2.05, 4.69) is 10.6 Å². The number of ether oxygens (including phenoxy) is 3. The van der Waals surface area contributed by atoms with Crippen LogP contribution in [0.25, 0.3) is 0 Å². The second-order valence-electron chi connectivity index (χ2n) is 10.1. The lowest BCUT2D eigenvalue weighted by Crippen LogP contribution is -2.51. The van der Waals surface area contributed by atoms with Gasteiger partial charge in [-0.25, -0.2) is 14.4 Å². The van der Waals surface area contributed by atoms with Gasteiger partial charge in [-0.15, -0.1) is 0 Å². The van der Waals surface area contributed by atoms with Crippen molar-refractivity contribution in [3.8, 4) is 0 Å². The Morgan fingerprint density at radius 1 is 0.812 bits per heavy atom. The predicted molar refractivity (Wildman–Crippen MR) is 121 cm³/mol. The van der Waals surface area contributed by atoms with Gasteiger partial charge in [-0.3, -0.25) is 4.79 Å². The Balaban J connectivity index is 5.52. The molecule has 0 saturated carbocycles. The number of alkyl carbamates (subject to hydrolysis) is 1. The Morgan fingerprint density at radius 3 is 1.75 bits per heavy atom. The van der Waals surface area contributed by atoms with Crippen molar-refractivity contribution in [2.45, 2.75) is 98.9 Å². The van der Waals surface area contributed by atoms with E-state index < -0.39 is 47.7 Å². The van der Waals surface area contributed by atoms with Crippen molar-refractivity contribution in [2.75, 3.05) is 7.11 Å². The van der Waals surface area contributed by atoms with Crippen molar-refractivity contribution in [3.05, 3.63) is 0 Å². The number of carbonyl (C=O) groups is 4. The van der Waals surface area contributed by atoms with E-state index in [-0.39, 0.29) is 24.2 Å². The highest BCUT2D eigenvalue weighted by Crippen LogP contribution is 2.15. The molecule has 0 radical (unpaired) electrons. The predicted octanol–water partition coefficient (Wildman–Crippen LogP) is 3.20. The van der Waals surface area contributed by atoms with Crippen LogP contribution in [0, 0.1) is 17.8 Å². The van der Waals surface area contributed by atoms with E-state index >= 15 is 0 Å². The highest BCUT2D eigenvalue weighted by atomic mass is 16.6. The highest BCUT2D eigenvalue weighted by Gasteiger charge is 2.34. The molecule has 3 atom stereocenters. The van der Waals surface area contributed by atoms with Crippen LogP contribution in [0.4, 0.5) is 4.79 Å². The maximum atomic E-state index is 12.9. The van der Waals surface area contributed by atoms with Gasteiger partial charge in [0.1, 0.15) is 17.7 Å². The van der Waals surface area contributed by atoms with Gasteiger partial charge in [0.2, 0.25) is 0 Å². The molecule has 186 valence electrons. The number of methoxy groups -OCH3 is 1. The second kappa shape index (κ2) is 13.3. The third-order valence-electron chi connectivity index (χ3n) is 4.34. The van der Waals surface area contributed by atoms with Crippen molar-refractivity contribution in [1.82, 2.24) is 10.6 Å². The molecule has 0 heterocycles. The lowest BCUT2D eigenvalue weighted by molar-refractivity contribution is -0.160. The Kier molecular flexibility index (Phi) is 12.3. The summed E-state index contributed by atoms with van der Waals surface area (Å²) in [6.07, 6.45) is -1.30. The van der Waals surface area contributed by atoms with Crippen LogP contribution in [0.2, 0.25) is 0 Å². The van der Waals surface area contributed by atoms with Crippen molar-refractivity contribution in [1.29, 1.82) is 0 Å². The Morgan fingerprint density at radius 2 is 1.34 bits per heavy atom.